The van der Waals surface area contributed by atoms with E-state index in [0.29, 0.717) is 16.2 Å². The van der Waals surface area contributed by atoms with Crippen LogP contribution < -0.4 is 0 Å². The molecule has 0 atom stereocenters. The van der Waals surface area contributed by atoms with E-state index in [2.05, 4.69) is 9.47 Å². The van der Waals surface area contributed by atoms with Crippen LogP contribution in [0.1, 0.15) is 12.5 Å². The molecule has 5 heteroatoms. The Morgan fingerprint density at radius 2 is 1.56 bits per heavy atom. The summed E-state index contributed by atoms with van der Waals surface area (Å²) >= 11 is 6.02. The number of hydrogen-bond acceptors (Lipinski definition) is 4. The Morgan fingerprint density at radius 3 is 2.00 bits per heavy atom. The number of ether oxygens (including phenoxy) is 2. The average molecular weight is 269 g/mol. The van der Waals surface area contributed by atoms with Crippen LogP contribution in [0.25, 0.3) is 5.57 Å². The summed E-state index contributed by atoms with van der Waals surface area (Å²) in [6.45, 7) is 1.62. The zero-order valence-electron chi connectivity index (χ0n) is 10.3. The number of allylic oxidation sites excluding steroid dienone is 1. The number of carbonyl (C=O) groups excluding carboxylic acids is 2. The lowest BCUT2D eigenvalue weighted by Crippen LogP contribution is -2.17. The minimum atomic E-state index is -0.751. The monoisotopic (exact) mass is 268 g/mol. The highest BCUT2D eigenvalue weighted by Crippen LogP contribution is 2.26. The van der Waals surface area contributed by atoms with Crippen LogP contribution in [0.5, 0.6) is 0 Å². The van der Waals surface area contributed by atoms with E-state index in [-0.39, 0.29) is 5.57 Å². The van der Waals surface area contributed by atoms with Gasteiger partial charge in [-0.05, 0) is 24.1 Å². The Bertz CT molecular complexity index is 487. The van der Waals surface area contributed by atoms with Gasteiger partial charge in [0.25, 0.3) is 0 Å². The number of rotatable bonds is 3. The third-order valence-electron chi connectivity index (χ3n) is 2.43. The number of halogens is 1. The van der Waals surface area contributed by atoms with Gasteiger partial charge in [-0.25, -0.2) is 9.59 Å². The number of carbonyl (C=O) groups is 2. The first kappa shape index (κ1) is 14.3. The second-order valence-electron chi connectivity index (χ2n) is 3.46. The minimum absolute atomic E-state index is 0.159. The predicted octanol–water partition coefficient (Wildman–Crippen LogP) is 2.46. The molecule has 0 aliphatic carbocycles. The maximum Gasteiger partial charge on any atom is 0.345 e. The van der Waals surface area contributed by atoms with Crippen LogP contribution in [-0.4, -0.2) is 26.2 Å². The molecule has 0 N–H and O–H groups in total. The summed E-state index contributed by atoms with van der Waals surface area (Å²) in [6.07, 6.45) is 0. The molecule has 1 rings (SSSR count). The van der Waals surface area contributed by atoms with Crippen molar-refractivity contribution in [3.63, 3.8) is 0 Å². The second-order valence-corrected chi connectivity index (χ2v) is 3.87. The molecule has 0 aliphatic rings. The molecule has 18 heavy (non-hydrogen) atoms. The van der Waals surface area contributed by atoms with Gasteiger partial charge >= 0.3 is 11.9 Å². The molecule has 0 fully saturated rings. The van der Waals surface area contributed by atoms with Crippen LogP contribution in [0, 0.1) is 0 Å². The fourth-order valence-electron chi connectivity index (χ4n) is 1.49. The lowest BCUT2D eigenvalue weighted by Gasteiger charge is -2.10. The minimum Gasteiger partial charge on any atom is -0.465 e. The summed E-state index contributed by atoms with van der Waals surface area (Å²) in [5.74, 6) is -1.50. The molecule has 0 unspecified atom stereocenters. The molecule has 0 radical (unpaired) electrons. The molecule has 0 aromatic heterocycles. The third-order valence-corrected chi connectivity index (χ3v) is 2.76. The smallest absolute Gasteiger partial charge is 0.345 e. The van der Waals surface area contributed by atoms with Crippen molar-refractivity contribution in [2.75, 3.05) is 14.2 Å². The molecule has 0 amide bonds. The van der Waals surface area contributed by atoms with E-state index >= 15 is 0 Å². The van der Waals surface area contributed by atoms with Crippen LogP contribution in [0.15, 0.2) is 29.8 Å². The van der Waals surface area contributed by atoms with Crippen LogP contribution >= 0.6 is 11.6 Å². The van der Waals surface area contributed by atoms with E-state index in [1.165, 1.54) is 14.2 Å². The summed E-state index contributed by atoms with van der Waals surface area (Å²) in [5.41, 5.74) is 0.845. The van der Waals surface area contributed by atoms with Gasteiger partial charge in [0.15, 0.2) is 0 Å². The van der Waals surface area contributed by atoms with Crippen molar-refractivity contribution in [2.45, 2.75) is 6.92 Å². The largest absolute Gasteiger partial charge is 0.465 e. The van der Waals surface area contributed by atoms with Crippen molar-refractivity contribution in [2.24, 2.45) is 0 Å². The van der Waals surface area contributed by atoms with E-state index in [4.69, 9.17) is 11.6 Å². The van der Waals surface area contributed by atoms with E-state index in [1.807, 2.05) is 0 Å². The normalized spacial score (nSPS) is 9.56. The summed E-state index contributed by atoms with van der Waals surface area (Å²) in [7, 11) is 2.40. The fraction of sp³-hybridized carbons (Fsp3) is 0.231. The zero-order chi connectivity index (χ0) is 13.7. The number of benzene rings is 1. The molecule has 1 aromatic carbocycles. The molecule has 0 saturated carbocycles. The maximum absolute atomic E-state index is 11.6. The molecular weight excluding hydrogens is 256 g/mol. The third kappa shape index (κ3) is 2.90. The molecule has 0 heterocycles. The first-order valence-corrected chi connectivity index (χ1v) is 5.53. The molecule has 0 spiro atoms. The molecule has 96 valence electrons. The van der Waals surface area contributed by atoms with Crippen molar-refractivity contribution in [3.05, 3.63) is 40.4 Å². The van der Waals surface area contributed by atoms with E-state index in [9.17, 15) is 9.59 Å². The Labute approximate surface area is 110 Å². The van der Waals surface area contributed by atoms with Gasteiger partial charge < -0.3 is 9.47 Å². The van der Waals surface area contributed by atoms with E-state index < -0.39 is 11.9 Å². The molecule has 0 bridgehead atoms. The van der Waals surface area contributed by atoms with Crippen molar-refractivity contribution in [1.82, 2.24) is 0 Å². The van der Waals surface area contributed by atoms with E-state index in [1.54, 1.807) is 31.2 Å². The van der Waals surface area contributed by atoms with Gasteiger partial charge in [0.05, 0.1) is 14.2 Å². The second kappa shape index (κ2) is 6.21. The van der Waals surface area contributed by atoms with E-state index in [0.717, 1.165) is 0 Å². The summed E-state index contributed by atoms with van der Waals surface area (Å²) in [4.78, 5) is 23.2. The molecule has 1 aromatic rings. The van der Waals surface area contributed by atoms with Crippen LogP contribution in [-0.2, 0) is 19.1 Å². The van der Waals surface area contributed by atoms with Gasteiger partial charge in [-0.1, -0.05) is 29.8 Å². The van der Waals surface area contributed by atoms with Gasteiger partial charge in [-0.15, -0.1) is 0 Å². The van der Waals surface area contributed by atoms with Crippen LogP contribution in [0.3, 0.4) is 0 Å². The molecule has 0 aliphatic heterocycles. The number of esters is 2. The standard InChI is InChI=1S/C13H13ClO4/c1-8(9-6-4-5-7-10(9)14)11(12(15)17-2)13(16)18-3/h4-7H,1-3H3. The van der Waals surface area contributed by atoms with Crippen molar-refractivity contribution in [1.29, 1.82) is 0 Å². The number of methoxy groups -OCH3 is 2. The van der Waals surface area contributed by atoms with Gasteiger partial charge in [0.1, 0.15) is 5.57 Å². The first-order chi connectivity index (χ1) is 8.52. The van der Waals surface area contributed by atoms with Crippen LogP contribution in [0.4, 0.5) is 0 Å². The van der Waals surface area contributed by atoms with Crippen molar-refractivity contribution >= 4 is 29.1 Å². The Kier molecular flexibility index (Phi) is 4.92. The van der Waals surface area contributed by atoms with Gasteiger partial charge in [-0.3, -0.25) is 0 Å². The quantitative estimate of drug-likeness (QED) is 0.366. The lowest BCUT2D eigenvalue weighted by molar-refractivity contribution is -0.143. The number of hydrogen-bond donors (Lipinski definition) is 0. The summed E-state index contributed by atoms with van der Waals surface area (Å²) in [6, 6.07) is 6.90. The Balaban J connectivity index is 3.41. The predicted molar refractivity (Wildman–Crippen MR) is 68.1 cm³/mol. The SMILES string of the molecule is COC(=O)C(C(=O)OC)=C(C)c1ccccc1Cl. The lowest BCUT2D eigenvalue weighted by atomic mass is 10.0. The first-order valence-electron chi connectivity index (χ1n) is 5.15. The van der Waals surface area contributed by atoms with Gasteiger partial charge in [-0.2, -0.15) is 0 Å². The highest BCUT2D eigenvalue weighted by molar-refractivity contribution is 6.33. The van der Waals surface area contributed by atoms with Gasteiger partial charge in [0, 0.05) is 5.02 Å². The maximum atomic E-state index is 11.6. The average Bonchev–Trinajstić information content (AvgIpc) is 2.38. The zero-order valence-corrected chi connectivity index (χ0v) is 11.1. The van der Waals surface area contributed by atoms with Crippen molar-refractivity contribution in [3.8, 4) is 0 Å². The molecule has 0 saturated heterocycles. The summed E-state index contributed by atoms with van der Waals surface area (Å²) < 4.78 is 9.15. The Morgan fingerprint density at radius 1 is 1.06 bits per heavy atom. The molecular formula is C13H13ClO4. The highest BCUT2D eigenvalue weighted by Gasteiger charge is 2.24. The van der Waals surface area contributed by atoms with Crippen molar-refractivity contribution < 1.29 is 19.1 Å². The summed E-state index contributed by atoms with van der Waals surface area (Å²) in [5, 5.41) is 0.445. The highest BCUT2D eigenvalue weighted by atomic mass is 35.5. The van der Waals surface area contributed by atoms with Crippen LogP contribution in [0.2, 0.25) is 5.02 Å². The topological polar surface area (TPSA) is 52.6 Å². The van der Waals surface area contributed by atoms with Gasteiger partial charge in [0.2, 0.25) is 0 Å². The Hall–Kier alpha value is -1.81. The molecule has 4 nitrogen and oxygen atoms in total. The fourth-order valence-corrected chi connectivity index (χ4v) is 1.77.